The van der Waals surface area contributed by atoms with Gasteiger partial charge >= 0.3 is 0 Å². The van der Waals surface area contributed by atoms with Crippen molar-refractivity contribution in [3.63, 3.8) is 0 Å². The first kappa shape index (κ1) is 15.5. The minimum absolute atomic E-state index is 0.0731. The fourth-order valence-electron chi connectivity index (χ4n) is 2.44. The molecule has 1 rings (SSSR count). The minimum Gasteiger partial charge on any atom is -0.395 e. The molecule has 0 unspecified atom stereocenters. The van der Waals surface area contributed by atoms with Crippen LogP contribution in [0.15, 0.2) is 18.2 Å². The van der Waals surface area contributed by atoms with Crippen LogP contribution in [-0.2, 0) is 0 Å². The van der Waals surface area contributed by atoms with Crippen molar-refractivity contribution in [2.75, 3.05) is 18.1 Å². The number of nitrogens with zero attached hydrogens (tertiary/aromatic N) is 1. The molecule has 0 aliphatic heterocycles. The zero-order valence-electron chi connectivity index (χ0n) is 12.1. The molecule has 1 aromatic carbocycles. The van der Waals surface area contributed by atoms with Gasteiger partial charge in [0.1, 0.15) is 5.84 Å². The number of hydrogen-bond donors (Lipinski definition) is 3. The van der Waals surface area contributed by atoms with Crippen LogP contribution in [0.3, 0.4) is 0 Å². The number of nitrogens with two attached hydrogens (primary N) is 1. The number of aliphatic hydroxyl groups excluding tert-OH is 1. The Kier molecular flexibility index (Phi) is 5.83. The summed E-state index contributed by atoms with van der Waals surface area (Å²) in [4.78, 5) is 2.17. The fourth-order valence-corrected chi connectivity index (χ4v) is 2.44. The number of nitrogen functional groups attached to an aromatic ring is 1. The molecule has 4 heteroatoms. The van der Waals surface area contributed by atoms with Crippen molar-refractivity contribution in [3.05, 3.63) is 29.3 Å². The van der Waals surface area contributed by atoms with E-state index in [2.05, 4.69) is 18.7 Å². The van der Waals surface area contributed by atoms with Crippen molar-refractivity contribution in [3.8, 4) is 0 Å². The highest BCUT2D eigenvalue weighted by Gasteiger charge is 2.19. The molecule has 106 valence electrons. The van der Waals surface area contributed by atoms with Gasteiger partial charge in [-0.05, 0) is 37.5 Å². The predicted molar refractivity (Wildman–Crippen MR) is 81.0 cm³/mol. The highest BCUT2D eigenvalue weighted by Crippen LogP contribution is 2.26. The summed E-state index contributed by atoms with van der Waals surface area (Å²) in [5.74, 6) is 0.0731. The molecule has 0 aromatic heterocycles. The van der Waals surface area contributed by atoms with Crippen LogP contribution in [0, 0.1) is 12.3 Å². The molecule has 0 spiro atoms. The largest absolute Gasteiger partial charge is 0.395 e. The highest BCUT2D eigenvalue weighted by molar-refractivity contribution is 6.00. The number of benzene rings is 1. The summed E-state index contributed by atoms with van der Waals surface area (Å²) in [6.45, 7) is 6.97. The van der Waals surface area contributed by atoms with E-state index in [0.717, 1.165) is 29.7 Å². The van der Waals surface area contributed by atoms with E-state index in [0.29, 0.717) is 12.6 Å². The number of hydrogen-bond acceptors (Lipinski definition) is 3. The van der Waals surface area contributed by atoms with Gasteiger partial charge in [0.2, 0.25) is 0 Å². The molecule has 0 fully saturated rings. The lowest BCUT2D eigenvalue weighted by atomic mass is 10.0. The second kappa shape index (κ2) is 7.14. The Morgan fingerprint density at radius 3 is 2.47 bits per heavy atom. The Hall–Kier alpha value is -1.55. The number of anilines is 1. The van der Waals surface area contributed by atoms with Crippen LogP contribution in [0.4, 0.5) is 5.69 Å². The Morgan fingerprint density at radius 1 is 1.37 bits per heavy atom. The van der Waals surface area contributed by atoms with E-state index < -0.39 is 0 Å². The van der Waals surface area contributed by atoms with Gasteiger partial charge in [-0.3, -0.25) is 5.41 Å². The van der Waals surface area contributed by atoms with Crippen LogP contribution >= 0.6 is 0 Å². The zero-order valence-corrected chi connectivity index (χ0v) is 12.1. The maximum atomic E-state index is 9.31. The van der Waals surface area contributed by atoms with Crippen LogP contribution in [-0.4, -0.2) is 30.1 Å². The third kappa shape index (κ3) is 3.70. The van der Waals surface area contributed by atoms with Gasteiger partial charge in [-0.25, -0.2) is 0 Å². The van der Waals surface area contributed by atoms with E-state index in [1.807, 2.05) is 25.1 Å². The molecule has 0 radical (unpaired) electrons. The van der Waals surface area contributed by atoms with Gasteiger partial charge in [0, 0.05) is 23.8 Å². The molecular formula is C15H25N3O. The summed E-state index contributed by atoms with van der Waals surface area (Å²) >= 11 is 0. The highest BCUT2D eigenvalue weighted by atomic mass is 16.3. The van der Waals surface area contributed by atoms with Gasteiger partial charge in [-0.1, -0.05) is 19.9 Å². The van der Waals surface area contributed by atoms with E-state index >= 15 is 0 Å². The van der Waals surface area contributed by atoms with E-state index in [9.17, 15) is 5.11 Å². The second-order valence-electron chi connectivity index (χ2n) is 4.82. The molecule has 0 heterocycles. The Labute approximate surface area is 115 Å². The third-order valence-electron chi connectivity index (χ3n) is 3.48. The van der Waals surface area contributed by atoms with Gasteiger partial charge in [-0.15, -0.1) is 0 Å². The Balaban J connectivity index is 3.27. The molecule has 0 aliphatic carbocycles. The minimum atomic E-state index is 0.0731. The van der Waals surface area contributed by atoms with Crippen molar-refractivity contribution >= 4 is 11.5 Å². The van der Waals surface area contributed by atoms with E-state index in [4.69, 9.17) is 11.1 Å². The number of nitrogens with one attached hydrogen (secondary N) is 1. The summed E-state index contributed by atoms with van der Waals surface area (Å²) in [7, 11) is 0. The SMILES string of the molecule is CCC(CC)N(CCO)c1cc(C)ccc1C(=N)N. The van der Waals surface area contributed by atoms with Crippen molar-refractivity contribution < 1.29 is 5.11 Å². The molecular weight excluding hydrogens is 238 g/mol. The van der Waals surface area contributed by atoms with Crippen molar-refractivity contribution in [2.45, 2.75) is 39.7 Å². The quantitative estimate of drug-likeness (QED) is 0.522. The van der Waals surface area contributed by atoms with Crippen LogP contribution in [0.5, 0.6) is 0 Å². The van der Waals surface area contributed by atoms with Crippen LogP contribution < -0.4 is 10.6 Å². The average molecular weight is 263 g/mol. The monoisotopic (exact) mass is 263 g/mol. The maximum absolute atomic E-state index is 9.31. The first-order valence-corrected chi connectivity index (χ1v) is 6.87. The molecule has 1 aromatic rings. The lowest BCUT2D eigenvalue weighted by Crippen LogP contribution is -2.38. The molecule has 4 N–H and O–H groups in total. The first-order valence-electron chi connectivity index (χ1n) is 6.87. The van der Waals surface area contributed by atoms with Gasteiger partial charge < -0.3 is 15.7 Å². The maximum Gasteiger partial charge on any atom is 0.124 e. The normalized spacial score (nSPS) is 10.8. The van der Waals surface area contributed by atoms with Gasteiger partial charge in [0.15, 0.2) is 0 Å². The van der Waals surface area contributed by atoms with E-state index in [-0.39, 0.29) is 12.4 Å². The number of aryl methyl sites for hydroxylation is 1. The first-order chi connectivity index (χ1) is 9.04. The van der Waals surface area contributed by atoms with Gasteiger partial charge in [-0.2, -0.15) is 0 Å². The average Bonchev–Trinajstić information content (AvgIpc) is 2.38. The lowest BCUT2D eigenvalue weighted by molar-refractivity contribution is 0.296. The van der Waals surface area contributed by atoms with Crippen molar-refractivity contribution in [2.24, 2.45) is 5.73 Å². The van der Waals surface area contributed by atoms with Crippen molar-refractivity contribution in [1.82, 2.24) is 0 Å². The topological polar surface area (TPSA) is 73.3 Å². The Bertz CT molecular complexity index is 427. The summed E-state index contributed by atoms with van der Waals surface area (Å²) in [6.07, 6.45) is 2.00. The van der Waals surface area contributed by atoms with Crippen molar-refractivity contribution in [1.29, 1.82) is 5.41 Å². The van der Waals surface area contributed by atoms with E-state index in [1.54, 1.807) is 0 Å². The standard InChI is InChI=1S/C15H25N3O/c1-4-12(5-2)18(8-9-19)14-10-11(3)6-7-13(14)15(16)17/h6-7,10,12,19H,4-5,8-9H2,1-3H3,(H3,16,17). The van der Waals surface area contributed by atoms with Gasteiger partial charge in [0.25, 0.3) is 0 Å². The summed E-state index contributed by atoms with van der Waals surface area (Å²) in [5, 5.41) is 17.0. The molecule has 0 bridgehead atoms. The van der Waals surface area contributed by atoms with Crippen LogP contribution in [0.25, 0.3) is 0 Å². The molecule has 0 aliphatic rings. The summed E-state index contributed by atoms with van der Waals surface area (Å²) in [5.41, 5.74) is 8.50. The Morgan fingerprint density at radius 2 is 2.00 bits per heavy atom. The molecule has 0 atom stereocenters. The predicted octanol–water partition coefficient (Wildman–Crippen LogP) is 2.27. The fraction of sp³-hybridized carbons (Fsp3) is 0.533. The molecule has 0 saturated heterocycles. The van der Waals surface area contributed by atoms with E-state index in [1.165, 1.54) is 0 Å². The molecule has 19 heavy (non-hydrogen) atoms. The van der Waals surface area contributed by atoms with Crippen LogP contribution in [0.2, 0.25) is 0 Å². The molecule has 0 saturated carbocycles. The lowest BCUT2D eigenvalue weighted by Gasteiger charge is -2.33. The number of aliphatic hydroxyl groups is 1. The molecule has 4 nitrogen and oxygen atoms in total. The zero-order chi connectivity index (χ0) is 14.4. The smallest absolute Gasteiger partial charge is 0.124 e. The summed E-state index contributed by atoms with van der Waals surface area (Å²) < 4.78 is 0. The number of rotatable bonds is 7. The van der Waals surface area contributed by atoms with Crippen LogP contribution in [0.1, 0.15) is 37.8 Å². The third-order valence-corrected chi connectivity index (χ3v) is 3.48. The summed E-state index contributed by atoms with van der Waals surface area (Å²) in [6, 6.07) is 6.25. The second-order valence-corrected chi connectivity index (χ2v) is 4.82. The van der Waals surface area contributed by atoms with Gasteiger partial charge in [0.05, 0.1) is 6.61 Å². The number of amidine groups is 1. The molecule has 0 amide bonds.